The van der Waals surface area contributed by atoms with Crippen LogP contribution in [0.3, 0.4) is 0 Å². The molecule has 2 heterocycles. The Bertz CT molecular complexity index is 874. The van der Waals surface area contributed by atoms with E-state index in [2.05, 4.69) is 20.1 Å². The molecule has 0 saturated carbocycles. The van der Waals surface area contributed by atoms with Crippen molar-refractivity contribution in [2.24, 2.45) is 11.0 Å². The molecule has 1 unspecified atom stereocenters. The highest BCUT2D eigenvalue weighted by molar-refractivity contribution is 6.13. The van der Waals surface area contributed by atoms with Crippen molar-refractivity contribution in [1.29, 1.82) is 0 Å². The van der Waals surface area contributed by atoms with E-state index in [1.165, 1.54) is 0 Å². The SMILES string of the molecule is O=C(NN=C(c1ccccc1)c1ccccc1)C1CCn2cncc2C1. The van der Waals surface area contributed by atoms with Crippen molar-refractivity contribution in [1.82, 2.24) is 15.0 Å². The van der Waals surface area contributed by atoms with Gasteiger partial charge in [0.1, 0.15) is 0 Å². The molecule has 4 rings (SSSR count). The van der Waals surface area contributed by atoms with Crippen LogP contribution in [0.15, 0.2) is 78.3 Å². The Hall–Kier alpha value is -3.21. The molecule has 1 aliphatic rings. The first kappa shape index (κ1) is 16.3. The summed E-state index contributed by atoms with van der Waals surface area (Å²) in [5.74, 6) is -0.113. The van der Waals surface area contributed by atoms with Crippen LogP contribution in [0.2, 0.25) is 0 Å². The Labute approximate surface area is 152 Å². The lowest BCUT2D eigenvalue weighted by Gasteiger charge is -2.22. The van der Waals surface area contributed by atoms with E-state index in [1.807, 2.05) is 73.2 Å². The molecule has 3 aromatic rings. The summed E-state index contributed by atoms with van der Waals surface area (Å²) in [5.41, 5.74) is 6.61. The highest BCUT2D eigenvalue weighted by Gasteiger charge is 2.24. The van der Waals surface area contributed by atoms with E-state index in [0.717, 1.165) is 35.5 Å². The van der Waals surface area contributed by atoms with Gasteiger partial charge in [-0.25, -0.2) is 10.4 Å². The lowest BCUT2D eigenvalue weighted by molar-refractivity contribution is -0.125. The van der Waals surface area contributed by atoms with Crippen LogP contribution in [0.25, 0.3) is 0 Å². The summed E-state index contributed by atoms with van der Waals surface area (Å²) in [6.07, 6.45) is 5.16. The van der Waals surface area contributed by atoms with Crippen LogP contribution in [0, 0.1) is 5.92 Å². The third kappa shape index (κ3) is 3.42. The molecule has 130 valence electrons. The number of hydrogen-bond donors (Lipinski definition) is 1. The minimum absolute atomic E-state index is 0.0400. The predicted molar refractivity (Wildman–Crippen MR) is 101 cm³/mol. The molecular formula is C21H20N4O. The molecule has 2 aromatic carbocycles. The molecule has 1 atom stereocenters. The van der Waals surface area contributed by atoms with Crippen LogP contribution >= 0.6 is 0 Å². The molecule has 0 spiro atoms. The fourth-order valence-electron chi connectivity index (χ4n) is 3.28. The van der Waals surface area contributed by atoms with Gasteiger partial charge in [0.25, 0.3) is 0 Å². The van der Waals surface area contributed by atoms with E-state index < -0.39 is 0 Å². The molecule has 1 aromatic heterocycles. The molecule has 0 saturated heterocycles. The van der Waals surface area contributed by atoms with Gasteiger partial charge in [0.05, 0.1) is 12.0 Å². The average molecular weight is 344 g/mol. The molecule has 0 bridgehead atoms. The van der Waals surface area contributed by atoms with Gasteiger partial charge in [0, 0.05) is 41.9 Å². The van der Waals surface area contributed by atoms with Crippen molar-refractivity contribution >= 4 is 11.6 Å². The number of benzene rings is 2. The second kappa shape index (κ2) is 7.35. The zero-order valence-electron chi connectivity index (χ0n) is 14.4. The summed E-state index contributed by atoms with van der Waals surface area (Å²) in [4.78, 5) is 16.8. The maximum atomic E-state index is 12.6. The molecule has 1 aliphatic heterocycles. The first-order valence-corrected chi connectivity index (χ1v) is 8.78. The van der Waals surface area contributed by atoms with Crippen molar-refractivity contribution in [3.8, 4) is 0 Å². The monoisotopic (exact) mass is 344 g/mol. The summed E-state index contributed by atoms with van der Waals surface area (Å²) in [6.45, 7) is 0.821. The number of imidazole rings is 1. The number of fused-ring (bicyclic) bond motifs is 1. The number of nitrogens with one attached hydrogen (secondary N) is 1. The smallest absolute Gasteiger partial charge is 0.243 e. The van der Waals surface area contributed by atoms with Crippen LogP contribution in [0.5, 0.6) is 0 Å². The van der Waals surface area contributed by atoms with Crippen LogP contribution in [0.4, 0.5) is 0 Å². The number of carbonyl (C=O) groups excluding carboxylic acids is 1. The number of aryl methyl sites for hydroxylation is 1. The molecule has 5 nitrogen and oxygen atoms in total. The van der Waals surface area contributed by atoms with Gasteiger partial charge in [-0.3, -0.25) is 4.79 Å². The predicted octanol–water partition coefficient (Wildman–Crippen LogP) is 3.01. The molecular weight excluding hydrogens is 324 g/mol. The second-order valence-corrected chi connectivity index (χ2v) is 6.44. The fraction of sp³-hybridized carbons (Fsp3) is 0.190. The van der Waals surface area contributed by atoms with Gasteiger partial charge in [-0.05, 0) is 6.42 Å². The van der Waals surface area contributed by atoms with Crippen LogP contribution in [-0.2, 0) is 17.8 Å². The molecule has 1 N–H and O–H groups in total. The molecule has 0 radical (unpaired) electrons. The Morgan fingerprint density at radius 2 is 1.69 bits per heavy atom. The lowest BCUT2D eigenvalue weighted by atomic mass is 9.96. The van der Waals surface area contributed by atoms with E-state index in [-0.39, 0.29) is 11.8 Å². The quantitative estimate of drug-likeness (QED) is 0.584. The largest absolute Gasteiger partial charge is 0.335 e. The maximum Gasteiger partial charge on any atom is 0.243 e. The summed E-state index contributed by atoms with van der Waals surface area (Å²) >= 11 is 0. The van der Waals surface area contributed by atoms with Crippen molar-refractivity contribution in [3.05, 3.63) is 90.0 Å². The van der Waals surface area contributed by atoms with Crippen molar-refractivity contribution < 1.29 is 4.79 Å². The summed E-state index contributed by atoms with van der Waals surface area (Å²) in [7, 11) is 0. The molecule has 0 aliphatic carbocycles. The van der Waals surface area contributed by atoms with E-state index in [4.69, 9.17) is 0 Å². The van der Waals surface area contributed by atoms with E-state index in [9.17, 15) is 4.79 Å². The standard InChI is InChI=1S/C21H20N4O/c26-21(18-11-12-25-15-22-14-19(25)13-18)24-23-20(16-7-3-1-4-8-16)17-9-5-2-6-10-17/h1-10,14-15,18H,11-13H2,(H,24,26). The number of hydrazone groups is 1. The number of rotatable bonds is 4. The van der Waals surface area contributed by atoms with Crippen molar-refractivity contribution in [3.63, 3.8) is 0 Å². The zero-order valence-corrected chi connectivity index (χ0v) is 14.4. The fourth-order valence-corrected chi connectivity index (χ4v) is 3.28. The van der Waals surface area contributed by atoms with Gasteiger partial charge in [0.15, 0.2) is 0 Å². The minimum atomic E-state index is -0.0734. The van der Waals surface area contributed by atoms with Gasteiger partial charge in [-0.2, -0.15) is 5.10 Å². The molecule has 5 heteroatoms. The van der Waals surface area contributed by atoms with Crippen LogP contribution in [0.1, 0.15) is 23.2 Å². The van der Waals surface area contributed by atoms with E-state index >= 15 is 0 Å². The summed E-state index contributed by atoms with van der Waals surface area (Å²) in [5, 5.41) is 4.48. The summed E-state index contributed by atoms with van der Waals surface area (Å²) in [6, 6.07) is 19.8. The van der Waals surface area contributed by atoms with Gasteiger partial charge in [-0.1, -0.05) is 60.7 Å². The molecule has 26 heavy (non-hydrogen) atoms. The Morgan fingerprint density at radius 1 is 1.04 bits per heavy atom. The van der Waals surface area contributed by atoms with Crippen LogP contribution in [-0.4, -0.2) is 21.2 Å². The number of carbonyl (C=O) groups is 1. The average Bonchev–Trinajstić information content (AvgIpc) is 3.17. The third-order valence-electron chi connectivity index (χ3n) is 4.72. The summed E-state index contributed by atoms with van der Waals surface area (Å²) < 4.78 is 2.10. The molecule has 0 fully saturated rings. The highest BCUT2D eigenvalue weighted by atomic mass is 16.2. The number of amides is 1. The van der Waals surface area contributed by atoms with Gasteiger partial charge in [-0.15, -0.1) is 0 Å². The normalized spacial score (nSPS) is 15.8. The highest BCUT2D eigenvalue weighted by Crippen LogP contribution is 2.20. The van der Waals surface area contributed by atoms with Crippen molar-refractivity contribution in [2.45, 2.75) is 19.4 Å². The lowest BCUT2D eigenvalue weighted by Crippen LogP contribution is -2.33. The number of hydrogen-bond acceptors (Lipinski definition) is 3. The third-order valence-corrected chi connectivity index (χ3v) is 4.72. The van der Waals surface area contributed by atoms with Crippen LogP contribution < -0.4 is 5.43 Å². The number of nitrogens with zero attached hydrogens (tertiary/aromatic N) is 3. The van der Waals surface area contributed by atoms with Crippen molar-refractivity contribution in [2.75, 3.05) is 0 Å². The first-order chi connectivity index (χ1) is 12.8. The zero-order chi connectivity index (χ0) is 17.8. The second-order valence-electron chi connectivity index (χ2n) is 6.44. The maximum absolute atomic E-state index is 12.6. The Morgan fingerprint density at radius 3 is 2.35 bits per heavy atom. The van der Waals surface area contributed by atoms with E-state index in [1.54, 1.807) is 0 Å². The Kier molecular flexibility index (Phi) is 4.60. The number of aromatic nitrogens is 2. The minimum Gasteiger partial charge on any atom is -0.335 e. The Balaban J connectivity index is 1.55. The van der Waals surface area contributed by atoms with Gasteiger partial charge < -0.3 is 4.57 Å². The topological polar surface area (TPSA) is 59.3 Å². The molecule has 1 amide bonds. The first-order valence-electron chi connectivity index (χ1n) is 8.78. The van der Waals surface area contributed by atoms with Gasteiger partial charge in [0.2, 0.25) is 5.91 Å². The van der Waals surface area contributed by atoms with E-state index in [0.29, 0.717) is 6.42 Å². The van der Waals surface area contributed by atoms with Gasteiger partial charge >= 0.3 is 0 Å².